The zero-order valence-corrected chi connectivity index (χ0v) is 15.2. The van der Waals surface area contributed by atoms with E-state index in [0.29, 0.717) is 12.2 Å². The summed E-state index contributed by atoms with van der Waals surface area (Å²) in [6, 6.07) is 13.5. The minimum absolute atomic E-state index is 0.0225. The Balaban J connectivity index is 2.11. The first kappa shape index (κ1) is 20.1. The van der Waals surface area contributed by atoms with Crippen molar-refractivity contribution in [2.24, 2.45) is 0 Å². The Kier molecular flexibility index (Phi) is 5.62. The van der Waals surface area contributed by atoms with Crippen molar-refractivity contribution in [2.45, 2.75) is 13.1 Å². The number of para-hydroxylation sites is 2. The molecule has 0 fully saturated rings. The summed E-state index contributed by atoms with van der Waals surface area (Å²) in [6.07, 6.45) is -3.56. The fourth-order valence-corrected chi connectivity index (χ4v) is 2.86. The molecule has 1 aromatic heterocycles. The monoisotopic (exact) mass is 403 g/mol. The number of halogens is 3. The predicted molar refractivity (Wildman–Crippen MR) is 103 cm³/mol. The largest absolute Gasteiger partial charge is 0.418 e. The molecule has 150 valence electrons. The van der Waals surface area contributed by atoms with E-state index in [-0.39, 0.29) is 17.3 Å². The Labute approximate surface area is 164 Å². The predicted octanol–water partition coefficient (Wildman–Crippen LogP) is 5.31. The lowest BCUT2D eigenvalue weighted by molar-refractivity contribution is -0.383. The molecule has 3 rings (SSSR count). The third-order valence-electron chi connectivity index (χ3n) is 4.11. The van der Waals surface area contributed by atoms with Crippen LogP contribution in [0, 0.1) is 10.1 Å². The third-order valence-corrected chi connectivity index (χ3v) is 4.11. The van der Waals surface area contributed by atoms with Gasteiger partial charge in [-0.25, -0.2) is 9.97 Å². The van der Waals surface area contributed by atoms with Gasteiger partial charge in [0, 0.05) is 12.2 Å². The number of hydrogen-bond donors (Lipinski definition) is 1. The lowest BCUT2D eigenvalue weighted by atomic mass is 10.1. The zero-order valence-electron chi connectivity index (χ0n) is 15.2. The molecule has 29 heavy (non-hydrogen) atoms. The van der Waals surface area contributed by atoms with Crippen LogP contribution in [0.1, 0.15) is 12.5 Å². The Morgan fingerprint density at radius 2 is 1.72 bits per heavy atom. The van der Waals surface area contributed by atoms with Gasteiger partial charge < -0.3 is 10.2 Å². The highest BCUT2D eigenvalue weighted by Gasteiger charge is 2.34. The number of hydrogen-bond acceptors (Lipinski definition) is 6. The molecular weight excluding hydrogens is 387 g/mol. The van der Waals surface area contributed by atoms with E-state index in [1.165, 1.54) is 18.2 Å². The van der Waals surface area contributed by atoms with Crippen LogP contribution in [0.15, 0.2) is 60.9 Å². The topological polar surface area (TPSA) is 84.2 Å². The molecule has 0 spiro atoms. The summed E-state index contributed by atoms with van der Waals surface area (Å²) in [4.78, 5) is 20.5. The second kappa shape index (κ2) is 8.13. The van der Waals surface area contributed by atoms with Gasteiger partial charge in [0.2, 0.25) is 11.6 Å². The maximum absolute atomic E-state index is 13.3. The molecule has 0 amide bonds. The van der Waals surface area contributed by atoms with Crippen molar-refractivity contribution in [3.8, 4) is 0 Å². The Morgan fingerprint density at radius 1 is 1.07 bits per heavy atom. The fourth-order valence-electron chi connectivity index (χ4n) is 2.86. The quantitative estimate of drug-likeness (QED) is 0.444. The first-order chi connectivity index (χ1) is 13.8. The molecule has 0 saturated heterocycles. The van der Waals surface area contributed by atoms with Crippen LogP contribution < -0.4 is 10.2 Å². The van der Waals surface area contributed by atoms with Crippen LogP contribution in [0.3, 0.4) is 0 Å². The summed E-state index contributed by atoms with van der Waals surface area (Å²) >= 11 is 0. The van der Waals surface area contributed by atoms with E-state index in [9.17, 15) is 23.3 Å². The zero-order chi connectivity index (χ0) is 21.0. The van der Waals surface area contributed by atoms with Crippen molar-refractivity contribution in [1.29, 1.82) is 0 Å². The van der Waals surface area contributed by atoms with Gasteiger partial charge >= 0.3 is 11.9 Å². The van der Waals surface area contributed by atoms with E-state index in [1.807, 2.05) is 0 Å². The number of nitro groups is 1. The normalized spacial score (nSPS) is 11.2. The minimum atomic E-state index is -4.63. The number of benzene rings is 2. The molecule has 0 unspecified atom stereocenters. The average Bonchev–Trinajstić information content (AvgIpc) is 2.69. The van der Waals surface area contributed by atoms with E-state index < -0.39 is 22.4 Å². The number of rotatable bonds is 6. The summed E-state index contributed by atoms with van der Waals surface area (Å²) in [5.41, 5.74) is -1.16. The number of anilines is 4. The Morgan fingerprint density at radius 3 is 2.34 bits per heavy atom. The minimum Gasteiger partial charge on any atom is -0.334 e. The summed E-state index contributed by atoms with van der Waals surface area (Å²) in [5.74, 6) is -0.350. The molecule has 1 N–H and O–H groups in total. The van der Waals surface area contributed by atoms with Crippen molar-refractivity contribution >= 4 is 28.7 Å². The van der Waals surface area contributed by atoms with Gasteiger partial charge in [-0.05, 0) is 31.2 Å². The van der Waals surface area contributed by atoms with Crippen molar-refractivity contribution in [1.82, 2.24) is 9.97 Å². The van der Waals surface area contributed by atoms with Crippen LogP contribution in [0.2, 0.25) is 0 Å². The lowest BCUT2D eigenvalue weighted by Gasteiger charge is -2.22. The van der Waals surface area contributed by atoms with Crippen LogP contribution >= 0.6 is 0 Å². The highest BCUT2D eigenvalue weighted by molar-refractivity contribution is 5.78. The molecule has 0 atom stereocenters. The summed E-state index contributed by atoms with van der Waals surface area (Å²) < 4.78 is 39.8. The molecule has 0 aliphatic carbocycles. The van der Waals surface area contributed by atoms with Gasteiger partial charge in [-0.3, -0.25) is 10.1 Å². The van der Waals surface area contributed by atoms with Gasteiger partial charge in [0.1, 0.15) is 6.33 Å². The number of nitrogens with zero attached hydrogens (tertiary/aromatic N) is 4. The SMILES string of the molecule is CCN(c1ccccc1)c1ncnc(Nc2ccccc2C(F)(F)F)c1[N+](=O)[O-]. The summed E-state index contributed by atoms with van der Waals surface area (Å²) in [5, 5.41) is 14.3. The molecule has 0 radical (unpaired) electrons. The summed E-state index contributed by atoms with van der Waals surface area (Å²) in [7, 11) is 0. The van der Waals surface area contributed by atoms with E-state index >= 15 is 0 Å². The molecule has 7 nitrogen and oxygen atoms in total. The second-order valence-corrected chi connectivity index (χ2v) is 5.90. The van der Waals surface area contributed by atoms with Gasteiger partial charge in [-0.1, -0.05) is 30.3 Å². The first-order valence-corrected chi connectivity index (χ1v) is 8.58. The van der Waals surface area contributed by atoms with Crippen LogP contribution in [-0.4, -0.2) is 21.4 Å². The molecule has 10 heteroatoms. The van der Waals surface area contributed by atoms with Crippen LogP contribution in [-0.2, 0) is 6.18 Å². The molecule has 0 aliphatic heterocycles. The standard InChI is InChI=1S/C19H16F3N5O2/c1-2-26(13-8-4-3-5-9-13)18-16(27(28)29)17(23-12-24-18)25-15-11-7-6-10-14(15)19(20,21)22/h3-12H,2H2,1H3,(H,23,24,25). The average molecular weight is 403 g/mol. The van der Waals surface area contributed by atoms with E-state index in [0.717, 1.165) is 12.4 Å². The van der Waals surface area contributed by atoms with Crippen LogP contribution in [0.5, 0.6) is 0 Å². The van der Waals surface area contributed by atoms with Gasteiger partial charge in [-0.15, -0.1) is 0 Å². The van der Waals surface area contributed by atoms with Gasteiger partial charge in [0.05, 0.1) is 16.2 Å². The van der Waals surface area contributed by atoms with Crippen molar-refractivity contribution < 1.29 is 18.1 Å². The molecule has 0 bridgehead atoms. The highest BCUT2D eigenvalue weighted by atomic mass is 19.4. The molecule has 0 saturated carbocycles. The smallest absolute Gasteiger partial charge is 0.334 e. The van der Waals surface area contributed by atoms with Crippen molar-refractivity contribution in [3.63, 3.8) is 0 Å². The Hall–Kier alpha value is -3.69. The maximum Gasteiger partial charge on any atom is 0.418 e. The van der Waals surface area contributed by atoms with Crippen molar-refractivity contribution in [3.05, 3.63) is 76.6 Å². The fraction of sp³-hybridized carbons (Fsp3) is 0.158. The Bertz CT molecular complexity index is 1010. The van der Waals surface area contributed by atoms with Gasteiger partial charge in [0.15, 0.2) is 0 Å². The maximum atomic E-state index is 13.3. The second-order valence-electron chi connectivity index (χ2n) is 5.90. The van der Waals surface area contributed by atoms with Crippen LogP contribution in [0.25, 0.3) is 0 Å². The van der Waals surface area contributed by atoms with E-state index in [1.54, 1.807) is 42.2 Å². The van der Waals surface area contributed by atoms with Gasteiger partial charge in [0.25, 0.3) is 0 Å². The molecule has 0 aliphatic rings. The van der Waals surface area contributed by atoms with E-state index in [4.69, 9.17) is 0 Å². The summed E-state index contributed by atoms with van der Waals surface area (Å²) in [6.45, 7) is 2.13. The van der Waals surface area contributed by atoms with Crippen LogP contribution in [0.4, 0.5) is 41.9 Å². The molecule has 1 heterocycles. The number of nitrogens with one attached hydrogen (secondary N) is 1. The van der Waals surface area contributed by atoms with E-state index in [2.05, 4.69) is 15.3 Å². The van der Waals surface area contributed by atoms with Crippen molar-refractivity contribution in [2.75, 3.05) is 16.8 Å². The molecular formula is C19H16F3N5O2. The first-order valence-electron chi connectivity index (χ1n) is 8.58. The molecule has 2 aromatic carbocycles. The lowest BCUT2D eigenvalue weighted by Crippen LogP contribution is -2.20. The molecule has 3 aromatic rings. The van der Waals surface area contributed by atoms with Gasteiger partial charge in [-0.2, -0.15) is 13.2 Å². The number of alkyl halides is 3. The highest BCUT2D eigenvalue weighted by Crippen LogP contribution is 2.40. The number of aromatic nitrogens is 2. The third kappa shape index (κ3) is 4.26.